The summed E-state index contributed by atoms with van der Waals surface area (Å²) in [6.07, 6.45) is 2.86. The molecular formula is C18H35IN6O. The molecule has 0 spiro atoms. The molecule has 26 heavy (non-hydrogen) atoms. The summed E-state index contributed by atoms with van der Waals surface area (Å²) in [5.41, 5.74) is 1.11. The molecule has 8 heteroatoms. The van der Waals surface area contributed by atoms with Crippen molar-refractivity contribution in [2.45, 2.75) is 19.9 Å². The van der Waals surface area contributed by atoms with Crippen molar-refractivity contribution in [1.82, 2.24) is 20.5 Å². The maximum Gasteiger partial charge on any atom is 0.191 e. The lowest BCUT2D eigenvalue weighted by Gasteiger charge is -2.18. The quantitative estimate of drug-likeness (QED) is 0.219. The number of halogens is 1. The van der Waals surface area contributed by atoms with Crippen molar-refractivity contribution in [2.75, 3.05) is 65.9 Å². The van der Waals surface area contributed by atoms with Gasteiger partial charge in [-0.05, 0) is 26.5 Å². The lowest BCUT2D eigenvalue weighted by atomic mass is 10.2. The van der Waals surface area contributed by atoms with Crippen molar-refractivity contribution in [3.63, 3.8) is 0 Å². The predicted molar refractivity (Wildman–Crippen MR) is 121 cm³/mol. The molecule has 2 N–H and O–H groups in total. The second kappa shape index (κ2) is 15.0. The summed E-state index contributed by atoms with van der Waals surface area (Å²) in [4.78, 5) is 13.4. The molecule has 0 saturated heterocycles. The van der Waals surface area contributed by atoms with Gasteiger partial charge in [0.1, 0.15) is 5.82 Å². The SMILES string of the molecule is CCNC(=NCc1cccnc1N(C)C)NCCN(C)CCCOC.I. The number of rotatable bonds is 11. The van der Waals surface area contributed by atoms with E-state index in [2.05, 4.69) is 45.5 Å². The van der Waals surface area contributed by atoms with E-state index in [4.69, 9.17) is 4.74 Å². The number of anilines is 1. The number of hydrogen-bond donors (Lipinski definition) is 2. The molecule has 0 atom stereocenters. The zero-order valence-corrected chi connectivity index (χ0v) is 19.1. The summed E-state index contributed by atoms with van der Waals surface area (Å²) in [5, 5.41) is 6.69. The highest BCUT2D eigenvalue weighted by Gasteiger charge is 2.05. The number of hydrogen-bond acceptors (Lipinski definition) is 5. The Bertz CT molecular complexity index is 512. The second-order valence-corrected chi connectivity index (χ2v) is 6.15. The smallest absolute Gasteiger partial charge is 0.191 e. The molecule has 0 aliphatic heterocycles. The van der Waals surface area contributed by atoms with Crippen molar-refractivity contribution >= 4 is 35.8 Å². The number of nitrogens with zero attached hydrogens (tertiary/aromatic N) is 4. The molecule has 0 fully saturated rings. The Kier molecular flexibility index (Phi) is 14.3. The fourth-order valence-electron chi connectivity index (χ4n) is 2.42. The Morgan fingerprint density at radius 3 is 2.65 bits per heavy atom. The molecule has 1 heterocycles. The van der Waals surface area contributed by atoms with Crippen molar-refractivity contribution < 1.29 is 4.74 Å². The zero-order chi connectivity index (χ0) is 18.5. The van der Waals surface area contributed by atoms with Gasteiger partial charge < -0.3 is 25.2 Å². The van der Waals surface area contributed by atoms with Gasteiger partial charge in [0.2, 0.25) is 0 Å². The van der Waals surface area contributed by atoms with Crippen molar-refractivity contribution in [3.05, 3.63) is 23.9 Å². The van der Waals surface area contributed by atoms with Gasteiger partial charge in [-0.15, -0.1) is 24.0 Å². The van der Waals surface area contributed by atoms with Crippen molar-refractivity contribution in [3.8, 4) is 0 Å². The van der Waals surface area contributed by atoms with Crippen molar-refractivity contribution in [2.24, 2.45) is 4.99 Å². The molecule has 1 aromatic rings. The van der Waals surface area contributed by atoms with Gasteiger partial charge >= 0.3 is 0 Å². The minimum atomic E-state index is 0. The summed E-state index contributed by atoms with van der Waals surface area (Å²) >= 11 is 0. The van der Waals surface area contributed by atoms with Crippen LogP contribution in [0.2, 0.25) is 0 Å². The van der Waals surface area contributed by atoms with Crippen LogP contribution in [-0.4, -0.2) is 76.9 Å². The summed E-state index contributed by atoms with van der Waals surface area (Å²) in [6, 6.07) is 4.02. The highest BCUT2D eigenvalue weighted by atomic mass is 127. The fraction of sp³-hybridized carbons (Fsp3) is 0.667. The first-order valence-corrected chi connectivity index (χ1v) is 8.89. The number of ether oxygens (including phenoxy) is 1. The van der Waals surface area contributed by atoms with Gasteiger partial charge in [0, 0.05) is 65.8 Å². The Labute approximate surface area is 175 Å². The predicted octanol–water partition coefficient (Wildman–Crippen LogP) is 1.79. The number of aromatic nitrogens is 1. The molecule has 0 bridgehead atoms. The Hall–Kier alpha value is -1.13. The van der Waals surface area contributed by atoms with Crippen LogP contribution in [0.3, 0.4) is 0 Å². The van der Waals surface area contributed by atoms with E-state index in [0.717, 1.165) is 56.5 Å². The van der Waals surface area contributed by atoms with E-state index in [1.807, 2.05) is 31.3 Å². The lowest BCUT2D eigenvalue weighted by Crippen LogP contribution is -2.41. The summed E-state index contributed by atoms with van der Waals surface area (Å²) in [5.74, 6) is 1.79. The standard InChI is InChI=1S/C18H34N6O.HI/c1-6-19-18(21-11-13-24(4)12-8-14-25-5)22-15-16-9-7-10-20-17(16)23(2)3;/h7,9-10H,6,8,11-15H2,1-5H3,(H2,19,21,22);1H. The van der Waals surface area contributed by atoms with Gasteiger partial charge in [0.05, 0.1) is 6.54 Å². The number of aliphatic imine (C=N–C) groups is 1. The molecule has 0 radical (unpaired) electrons. The molecule has 0 aliphatic rings. The van der Waals surface area contributed by atoms with Gasteiger partial charge in [0.15, 0.2) is 5.96 Å². The van der Waals surface area contributed by atoms with E-state index >= 15 is 0 Å². The highest BCUT2D eigenvalue weighted by Crippen LogP contribution is 2.15. The van der Waals surface area contributed by atoms with Crippen molar-refractivity contribution in [1.29, 1.82) is 0 Å². The lowest BCUT2D eigenvalue weighted by molar-refractivity contribution is 0.180. The second-order valence-electron chi connectivity index (χ2n) is 6.15. The summed E-state index contributed by atoms with van der Waals surface area (Å²) in [6.45, 7) is 7.16. The largest absolute Gasteiger partial charge is 0.385 e. The molecule has 7 nitrogen and oxygen atoms in total. The summed E-state index contributed by atoms with van der Waals surface area (Å²) in [7, 11) is 7.86. The third-order valence-electron chi connectivity index (χ3n) is 3.72. The van der Waals surface area contributed by atoms with E-state index in [9.17, 15) is 0 Å². The number of guanidine groups is 1. The number of methoxy groups -OCH3 is 1. The van der Waals surface area contributed by atoms with E-state index in [1.54, 1.807) is 7.11 Å². The molecule has 1 rings (SSSR count). The Balaban J connectivity index is 0.00000625. The Morgan fingerprint density at radius 2 is 2.00 bits per heavy atom. The third kappa shape index (κ3) is 10.1. The van der Waals surface area contributed by atoms with E-state index in [-0.39, 0.29) is 24.0 Å². The van der Waals surface area contributed by atoms with E-state index in [1.165, 1.54) is 0 Å². The van der Waals surface area contributed by atoms with Gasteiger partial charge in [-0.1, -0.05) is 6.07 Å². The number of likely N-dealkylation sites (N-methyl/N-ethyl adjacent to an activating group) is 1. The maximum atomic E-state index is 5.09. The molecule has 0 aliphatic carbocycles. The van der Waals surface area contributed by atoms with Crippen LogP contribution in [0.1, 0.15) is 18.9 Å². The third-order valence-corrected chi connectivity index (χ3v) is 3.72. The van der Waals surface area contributed by atoms with Gasteiger partial charge in [0.25, 0.3) is 0 Å². The first-order chi connectivity index (χ1) is 12.1. The highest BCUT2D eigenvalue weighted by molar-refractivity contribution is 14.0. The average molecular weight is 478 g/mol. The van der Waals surface area contributed by atoms with Gasteiger partial charge in [-0.25, -0.2) is 9.98 Å². The van der Waals surface area contributed by atoms with Crippen LogP contribution >= 0.6 is 24.0 Å². The Morgan fingerprint density at radius 1 is 1.23 bits per heavy atom. The van der Waals surface area contributed by atoms with Crippen LogP contribution in [0, 0.1) is 0 Å². The molecule has 1 aromatic heterocycles. The van der Waals surface area contributed by atoms with Crippen LogP contribution in [-0.2, 0) is 11.3 Å². The number of pyridine rings is 1. The molecule has 150 valence electrons. The topological polar surface area (TPSA) is 65.0 Å². The summed E-state index contributed by atoms with van der Waals surface area (Å²) < 4.78 is 5.09. The minimum absolute atomic E-state index is 0. The minimum Gasteiger partial charge on any atom is -0.385 e. The van der Waals surface area contributed by atoms with Gasteiger partial charge in [-0.2, -0.15) is 0 Å². The van der Waals surface area contributed by atoms with E-state index in [0.29, 0.717) is 6.54 Å². The molecule has 0 unspecified atom stereocenters. The number of nitrogens with one attached hydrogen (secondary N) is 2. The van der Waals surface area contributed by atoms with Crippen LogP contribution in [0.4, 0.5) is 5.82 Å². The molecule has 0 aromatic carbocycles. The van der Waals surface area contributed by atoms with Crippen LogP contribution in [0.15, 0.2) is 23.3 Å². The first-order valence-electron chi connectivity index (χ1n) is 8.89. The van der Waals surface area contributed by atoms with Crippen LogP contribution in [0.5, 0.6) is 0 Å². The average Bonchev–Trinajstić information content (AvgIpc) is 2.60. The monoisotopic (exact) mass is 478 g/mol. The van der Waals surface area contributed by atoms with E-state index < -0.39 is 0 Å². The molecular weight excluding hydrogens is 443 g/mol. The normalized spacial score (nSPS) is 11.2. The van der Waals surface area contributed by atoms with Gasteiger partial charge in [-0.3, -0.25) is 0 Å². The van der Waals surface area contributed by atoms with Crippen LogP contribution < -0.4 is 15.5 Å². The molecule has 0 amide bonds. The first kappa shape index (κ1) is 24.9. The maximum absolute atomic E-state index is 5.09. The fourth-order valence-corrected chi connectivity index (χ4v) is 2.42. The molecule has 0 saturated carbocycles. The van der Waals surface area contributed by atoms with Crippen LogP contribution in [0.25, 0.3) is 0 Å². The zero-order valence-electron chi connectivity index (χ0n) is 16.8.